The Balaban J connectivity index is 0.00000115. The second-order valence-corrected chi connectivity index (χ2v) is 12.3. The molecule has 0 saturated carbocycles. The van der Waals surface area contributed by atoms with Crippen molar-refractivity contribution in [2.75, 3.05) is 44.2 Å². The van der Waals surface area contributed by atoms with Gasteiger partial charge in [0.25, 0.3) is 0 Å². The van der Waals surface area contributed by atoms with E-state index in [1.807, 2.05) is 27.7 Å². The zero-order chi connectivity index (χ0) is 27.8. The SMILES string of the molecule is CC.CC.CC(=O)c1sc(N2CCN(CCCCN)CC2)cc1-c1ccc2c(c1)C(C)(C)CCC2(C)C. The number of carbonyl (C=O) groups excluding carboxylic acids is 1. The Morgan fingerprint density at radius 3 is 2.05 bits per heavy atom. The smallest absolute Gasteiger partial charge is 0.170 e. The van der Waals surface area contributed by atoms with Crippen molar-refractivity contribution in [2.45, 2.75) is 98.8 Å². The Kier molecular flexibility index (Phi) is 11.9. The molecule has 4 nitrogen and oxygen atoms in total. The van der Waals surface area contributed by atoms with Crippen LogP contribution >= 0.6 is 11.3 Å². The minimum atomic E-state index is 0.163. The molecule has 1 fully saturated rings. The van der Waals surface area contributed by atoms with Gasteiger partial charge < -0.3 is 10.6 Å². The van der Waals surface area contributed by atoms with Crippen LogP contribution in [0.5, 0.6) is 0 Å². The number of fused-ring (bicyclic) bond motifs is 1. The van der Waals surface area contributed by atoms with Crippen LogP contribution in [0.1, 0.15) is 109 Å². The van der Waals surface area contributed by atoms with Gasteiger partial charge in [0.15, 0.2) is 5.78 Å². The summed E-state index contributed by atoms with van der Waals surface area (Å²) in [5.41, 5.74) is 11.2. The first-order valence-electron chi connectivity index (χ1n) is 14.6. The first-order chi connectivity index (χ1) is 17.6. The highest BCUT2D eigenvalue weighted by molar-refractivity contribution is 7.18. The van der Waals surface area contributed by atoms with Crippen LogP contribution in [0, 0.1) is 0 Å². The van der Waals surface area contributed by atoms with Gasteiger partial charge in [-0.05, 0) is 79.3 Å². The van der Waals surface area contributed by atoms with Crippen LogP contribution in [0.4, 0.5) is 5.00 Å². The van der Waals surface area contributed by atoms with E-state index >= 15 is 0 Å². The summed E-state index contributed by atoms with van der Waals surface area (Å²) in [6.45, 7) is 25.3. The molecule has 0 unspecified atom stereocenters. The fraction of sp³-hybridized carbons (Fsp3) is 0.656. The molecule has 1 aliphatic heterocycles. The minimum Gasteiger partial charge on any atom is -0.361 e. The average molecular weight is 528 g/mol. The molecule has 1 aliphatic carbocycles. The summed E-state index contributed by atoms with van der Waals surface area (Å²) in [5.74, 6) is 0.166. The number of piperazine rings is 1. The molecule has 2 heterocycles. The van der Waals surface area contributed by atoms with E-state index in [1.165, 1.54) is 41.0 Å². The number of benzene rings is 1. The number of rotatable bonds is 7. The molecular weight excluding hydrogens is 474 g/mol. The third kappa shape index (κ3) is 7.46. The van der Waals surface area contributed by atoms with Crippen molar-refractivity contribution < 1.29 is 4.79 Å². The van der Waals surface area contributed by atoms with Gasteiger partial charge >= 0.3 is 0 Å². The molecule has 0 atom stereocenters. The summed E-state index contributed by atoms with van der Waals surface area (Å²) in [4.78, 5) is 18.5. The van der Waals surface area contributed by atoms with Crippen LogP contribution in [0.15, 0.2) is 24.3 Å². The molecule has 4 rings (SSSR count). The number of anilines is 1. The molecule has 2 N–H and O–H groups in total. The molecule has 2 aromatic rings. The van der Waals surface area contributed by atoms with Crippen LogP contribution < -0.4 is 10.6 Å². The molecule has 1 saturated heterocycles. The standard InChI is InChI=1S/C28H41N3OS.2C2H6/c1-20(32)26-22(19-25(33-26)31-16-14-30(15-17-31)13-7-6-12-29)21-8-9-23-24(18-21)28(4,5)11-10-27(23,2)3;2*1-2/h8-9,18-19H,6-7,10-17,29H2,1-5H3;2*1-2H3. The molecule has 5 heteroatoms. The second kappa shape index (κ2) is 13.9. The molecule has 0 amide bonds. The number of Topliss-reactive ketones (excluding diaryl/α,β-unsaturated/α-hetero) is 1. The number of unbranched alkanes of at least 4 members (excludes halogenated alkanes) is 1. The molecule has 2 aliphatic rings. The van der Waals surface area contributed by atoms with Crippen molar-refractivity contribution in [3.05, 3.63) is 40.3 Å². The van der Waals surface area contributed by atoms with E-state index in [0.717, 1.165) is 56.1 Å². The van der Waals surface area contributed by atoms with Gasteiger partial charge in [-0.2, -0.15) is 0 Å². The van der Waals surface area contributed by atoms with Gasteiger partial charge in [0, 0.05) is 31.7 Å². The summed E-state index contributed by atoms with van der Waals surface area (Å²) in [5, 5.41) is 1.23. The van der Waals surface area contributed by atoms with E-state index in [1.54, 1.807) is 18.3 Å². The van der Waals surface area contributed by atoms with Gasteiger partial charge in [0.05, 0.1) is 9.88 Å². The maximum absolute atomic E-state index is 12.6. The summed E-state index contributed by atoms with van der Waals surface area (Å²) in [7, 11) is 0. The summed E-state index contributed by atoms with van der Waals surface area (Å²) in [6, 6.07) is 9.22. The topological polar surface area (TPSA) is 49.6 Å². The lowest BCUT2D eigenvalue weighted by Crippen LogP contribution is -2.46. The molecule has 1 aromatic carbocycles. The Labute approximate surface area is 231 Å². The van der Waals surface area contributed by atoms with Crippen LogP contribution in [-0.4, -0.2) is 50.0 Å². The highest BCUT2D eigenvalue weighted by Gasteiger charge is 2.37. The van der Waals surface area contributed by atoms with E-state index < -0.39 is 0 Å². The van der Waals surface area contributed by atoms with Crippen molar-refractivity contribution >= 4 is 22.1 Å². The Morgan fingerprint density at radius 1 is 0.892 bits per heavy atom. The average Bonchev–Trinajstić information content (AvgIpc) is 3.36. The van der Waals surface area contributed by atoms with Crippen molar-refractivity contribution in [3.63, 3.8) is 0 Å². The minimum absolute atomic E-state index is 0.163. The molecule has 208 valence electrons. The summed E-state index contributed by atoms with van der Waals surface area (Å²) < 4.78 is 0. The van der Waals surface area contributed by atoms with Gasteiger partial charge in [-0.25, -0.2) is 0 Å². The zero-order valence-corrected chi connectivity index (χ0v) is 26.0. The number of ketones is 1. The van der Waals surface area contributed by atoms with Crippen molar-refractivity contribution in [1.29, 1.82) is 0 Å². The summed E-state index contributed by atoms with van der Waals surface area (Å²) >= 11 is 1.67. The van der Waals surface area contributed by atoms with E-state index in [9.17, 15) is 4.79 Å². The first-order valence-corrected chi connectivity index (χ1v) is 15.4. The van der Waals surface area contributed by atoms with Crippen molar-refractivity contribution in [1.82, 2.24) is 4.90 Å². The fourth-order valence-electron chi connectivity index (χ4n) is 5.44. The van der Waals surface area contributed by atoms with Gasteiger partial charge in [-0.15, -0.1) is 11.3 Å². The number of hydrogen-bond donors (Lipinski definition) is 1. The highest BCUT2D eigenvalue weighted by atomic mass is 32.1. The number of carbonyl (C=O) groups is 1. The molecule has 0 bridgehead atoms. The lowest BCUT2D eigenvalue weighted by atomic mass is 9.63. The molecule has 0 radical (unpaired) electrons. The third-order valence-electron chi connectivity index (χ3n) is 7.82. The second-order valence-electron chi connectivity index (χ2n) is 11.2. The maximum atomic E-state index is 12.6. The number of nitrogens with zero attached hydrogens (tertiary/aromatic N) is 2. The zero-order valence-electron chi connectivity index (χ0n) is 25.2. The van der Waals surface area contributed by atoms with E-state index in [-0.39, 0.29) is 16.6 Å². The molecular formula is C32H53N3OS. The maximum Gasteiger partial charge on any atom is 0.170 e. The largest absolute Gasteiger partial charge is 0.361 e. The van der Waals surface area contributed by atoms with Crippen LogP contribution in [0.25, 0.3) is 11.1 Å². The summed E-state index contributed by atoms with van der Waals surface area (Å²) in [6.07, 6.45) is 4.69. The predicted octanol–water partition coefficient (Wildman–Crippen LogP) is 7.88. The van der Waals surface area contributed by atoms with Gasteiger partial charge in [0.1, 0.15) is 0 Å². The van der Waals surface area contributed by atoms with Crippen molar-refractivity contribution in [2.24, 2.45) is 5.73 Å². The van der Waals surface area contributed by atoms with Crippen LogP contribution in [0.3, 0.4) is 0 Å². The highest BCUT2D eigenvalue weighted by Crippen LogP contribution is 2.47. The molecule has 1 aromatic heterocycles. The number of hydrogen-bond acceptors (Lipinski definition) is 5. The normalized spacial score (nSPS) is 18.2. The lowest BCUT2D eigenvalue weighted by Gasteiger charge is -2.42. The van der Waals surface area contributed by atoms with E-state index in [2.05, 4.69) is 61.8 Å². The van der Waals surface area contributed by atoms with Gasteiger partial charge in [-0.3, -0.25) is 9.69 Å². The van der Waals surface area contributed by atoms with Gasteiger partial charge in [0.2, 0.25) is 0 Å². The molecule has 0 spiro atoms. The predicted molar refractivity (Wildman–Crippen MR) is 165 cm³/mol. The van der Waals surface area contributed by atoms with Crippen LogP contribution in [0.2, 0.25) is 0 Å². The first kappa shape index (κ1) is 31.5. The quantitative estimate of drug-likeness (QED) is 0.294. The third-order valence-corrected chi connectivity index (χ3v) is 9.11. The van der Waals surface area contributed by atoms with E-state index in [0.29, 0.717) is 0 Å². The van der Waals surface area contributed by atoms with E-state index in [4.69, 9.17) is 5.73 Å². The lowest BCUT2D eigenvalue weighted by molar-refractivity contribution is 0.102. The number of thiophene rings is 1. The Hall–Kier alpha value is -1.69. The molecule has 37 heavy (non-hydrogen) atoms. The fourth-order valence-corrected chi connectivity index (χ4v) is 6.57. The number of nitrogens with two attached hydrogens (primary N) is 1. The Bertz CT molecular complexity index is 999. The Morgan fingerprint density at radius 2 is 1.49 bits per heavy atom. The van der Waals surface area contributed by atoms with Gasteiger partial charge in [-0.1, -0.05) is 73.6 Å². The van der Waals surface area contributed by atoms with Crippen LogP contribution in [-0.2, 0) is 10.8 Å². The van der Waals surface area contributed by atoms with Crippen molar-refractivity contribution in [3.8, 4) is 11.1 Å². The monoisotopic (exact) mass is 527 g/mol.